The summed E-state index contributed by atoms with van der Waals surface area (Å²) in [5.41, 5.74) is 0.487. The Bertz CT molecular complexity index is 446. The van der Waals surface area contributed by atoms with E-state index in [-0.39, 0.29) is 17.4 Å². The first-order valence-electron chi connectivity index (χ1n) is 5.72. The molecule has 0 fully saturated rings. The molecule has 1 aromatic rings. The van der Waals surface area contributed by atoms with Crippen molar-refractivity contribution >= 4 is 5.97 Å². The van der Waals surface area contributed by atoms with E-state index in [0.717, 1.165) is 0 Å². The van der Waals surface area contributed by atoms with Crippen molar-refractivity contribution in [3.63, 3.8) is 0 Å². The van der Waals surface area contributed by atoms with Gasteiger partial charge < -0.3 is 14.6 Å². The minimum atomic E-state index is -2.96. The average Bonchev–Trinajstić information content (AvgIpc) is 2.29. The van der Waals surface area contributed by atoms with E-state index in [4.69, 9.17) is 4.74 Å². The van der Waals surface area contributed by atoms with Gasteiger partial charge in [0.15, 0.2) is 11.5 Å². The van der Waals surface area contributed by atoms with Crippen LogP contribution in [-0.2, 0) is 4.79 Å². The van der Waals surface area contributed by atoms with E-state index in [1.165, 1.54) is 25.3 Å². The summed E-state index contributed by atoms with van der Waals surface area (Å²) in [6.07, 6.45) is 0. The lowest BCUT2D eigenvalue weighted by atomic mass is 9.88. The third-order valence-corrected chi connectivity index (χ3v) is 2.70. The van der Waals surface area contributed by atoms with Gasteiger partial charge in [-0.2, -0.15) is 8.78 Å². The van der Waals surface area contributed by atoms with Gasteiger partial charge in [-0.05, 0) is 23.6 Å². The minimum absolute atomic E-state index is 0.0877. The van der Waals surface area contributed by atoms with E-state index in [1.807, 2.05) is 0 Å². The molecule has 0 aromatic heterocycles. The SMILES string of the molecule is COc1cc(C(C(=O)O)C(C)C)ccc1OC(F)F. The lowest BCUT2D eigenvalue weighted by molar-refractivity contribution is -0.139. The molecule has 1 atom stereocenters. The molecule has 1 rings (SSSR count). The predicted octanol–water partition coefficient (Wildman–Crippen LogP) is 3.12. The first-order valence-corrected chi connectivity index (χ1v) is 5.72. The molecule has 0 spiro atoms. The number of rotatable bonds is 6. The molecule has 19 heavy (non-hydrogen) atoms. The molecule has 6 heteroatoms. The monoisotopic (exact) mass is 274 g/mol. The first kappa shape index (κ1) is 15.2. The van der Waals surface area contributed by atoms with Gasteiger partial charge in [-0.1, -0.05) is 19.9 Å². The fraction of sp³-hybridized carbons (Fsp3) is 0.462. The van der Waals surface area contributed by atoms with E-state index < -0.39 is 18.5 Å². The van der Waals surface area contributed by atoms with Crippen LogP contribution in [0, 0.1) is 5.92 Å². The number of aliphatic carboxylic acids is 1. The summed E-state index contributed by atoms with van der Waals surface area (Å²) in [4.78, 5) is 11.2. The van der Waals surface area contributed by atoms with Crippen molar-refractivity contribution in [1.82, 2.24) is 0 Å². The van der Waals surface area contributed by atoms with Crippen LogP contribution < -0.4 is 9.47 Å². The summed E-state index contributed by atoms with van der Waals surface area (Å²) in [7, 11) is 1.31. The van der Waals surface area contributed by atoms with Crippen molar-refractivity contribution < 1.29 is 28.2 Å². The van der Waals surface area contributed by atoms with Gasteiger partial charge in [-0.15, -0.1) is 0 Å². The standard InChI is InChI=1S/C13H16F2O4/c1-7(2)11(12(16)17)8-4-5-9(19-13(14)15)10(6-8)18-3/h4-7,11,13H,1-3H3,(H,16,17). The highest BCUT2D eigenvalue weighted by Crippen LogP contribution is 2.34. The fourth-order valence-electron chi connectivity index (χ4n) is 1.88. The van der Waals surface area contributed by atoms with E-state index in [1.54, 1.807) is 13.8 Å². The van der Waals surface area contributed by atoms with Gasteiger partial charge >= 0.3 is 12.6 Å². The molecule has 0 aliphatic rings. The van der Waals surface area contributed by atoms with Gasteiger partial charge in [0.25, 0.3) is 0 Å². The van der Waals surface area contributed by atoms with Crippen LogP contribution >= 0.6 is 0 Å². The summed E-state index contributed by atoms with van der Waals surface area (Å²) in [6.45, 7) is 0.587. The number of benzene rings is 1. The molecule has 106 valence electrons. The van der Waals surface area contributed by atoms with Crippen molar-refractivity contribution in [1.29, 1.82) is 0 Å². The summed E-state index contributed by atoms with van der Waals surface area (Å²) in [5.74, 6) is -1.86. The molecular formula is C13H16F2O4. The highest BCUT2D eigenvalue weighted by Gasteiger charge is 2.25. The first-order chi connectivity index (χ1) is 8.86. The molecule has 1 aromatic carbocycles. The van der Waals surface area contributed by atoms with Crippen LogP contribution in [-0.4, -0.2) is 24.8 Å². The summed E-state index contributed by atoms with van der Waals surface area (Å²) in [6, 6.07) is 4.16. The summed E-state index contributed by atoms with van der Waals surface area (Å²) < 4.78 is 33.6. The topological polar surface area (TPSA) is 55.8 Å². The summed E-state index contributed by atoms with van der Waals surface area (Å²) in [5, 5.41) is 9.18. The molecule has 0 aliphatic carbocycles. The average molecular weight is 274 g/mol. The molecular weight excluding hydrogens is 258 g/mol. The lowest BCUT2D eigenvalue weighted by Gasteiger charge is -2.18. The smallest absolute Gasteiger partial charge is 0.387 e. The van der Waals surface area contributed by atoms with Gasteiger partial charge in [0.2, 0.25) is 0 Å². The lowest BCUT2D eigenvalue weighted by Crippen LogP contribution is -2.17. The van der Waals surface area contributed by atoms with E-state index in [2.05, 4.69) is 4.74 Å². The molecule has 0 heterocycles. The molecule has 0 saturated carbocycles. The minimum Gasteiger partial charge on any atom is -0.493 e. The molecule has 0 saturated heterocycles. The van der Waals surface area contributed by atoms with Crippen molar-refractivity contribution in [2.24, 2.45) is 5.92 Å². The van der Waals surface area contributed by atoms with Crippen molar-refractivity contribution in [3.8, 4) is 11.5 Å². The third-order valence-electron chi connectivity index (χ3n) is 2.70. The van der Waals surface area contributed by atoms with Gasteiger partial charge in [0.05, 0.1) is 13.0 Å². The Morgan fingerprint density at radius 1 is 1.26 bits per heavy atom. The fourth-order valence-corrected chi connectivity index (χ4v) is 1.88. The maximum atomic E-state index is 12.2. The van der Waals surface area contributed by atoms with Crippen LogP contribution in [0.2, 0.25) is 0 Å². The van der Waals surface area contributed by atoms with Crippen LogP contribution in [0.25, 0.3) is 0 Å². The Morgan fingerprint density at radius 3 is 2.32 bits per heavy atom. The highest BCUT2D eigenvalue weighted by atomic mass is 19.3. The second kappa shape index (κ2) is 6.36. The number of ether oxygens (including phenoxy) is 2. The van der Waals surface area contributed by atoms with E-state index in [9.17, 15) is 18.7 Å². The van der Waals surface area contributed by atoms with Crippen molar-refractivity contribution in [2.75, 3.05) is 7.11 Å². The number of alkyl halides is 2. The second-order valence-electron chi connectivity index (χ2n) is 4.35. The largest absolute Gasteiger partial charge is 0.493 e. The van der Waals surface area contributed by atoms with Gasteiger partial charge in [0.1, 0.15) is 0 Å². The maximum Gasteiger partial charge on any atom is 0.387 e. The Hall–Kier alpha value is -1.85. The number of carboxylic acid groups (broad SMARTS) is 1. The van der Waals surface area contributed by atoms with Crippen LogP contribution in [0.15, 0.2) is 18.2 Å². The molecule has 0 radical (unpaired) electrons. The number of carboxylic acids is 1. The highest BCUT2D eigenvalue weighted by molar-refractivity contribution is 5.76. The van der Waals surface area contributed by atoms with Gasteiger partial charge in [0, 0.05) is 0 Å². The normalized spacial score (nSPS) is 12.6. The van der Waals surface area contributed by atoms with E-state index in [0.29, 0.717) is 5.56 Å². The maximum absolute atomic E-state index is 12.2. The molecule has 4 nitrogen and oxygen atoms in total. The number of methoxy groups -OCH3 is 1. The van der Waals surface area contributed by atoms with E-state index >= 15 is 0 Å². The number of hydrogen-bond donors (Lipinski definition) is 1. The predicted molar refractivity (Wildman–Crippen MR) is 64.8 cm³/mol. The molecule has 1 unspecified atom stereocenters. The Balaban J connectivity index is 3.14. The van der Waals surface area contributed by atoms with Crippen LogP contribution in [0.5, 0.6) is 11.5 Å². The molecule has 0 bridgehead atoms. The zero-order valence-electron chi connectivity index (χ0n) is 10.9. The molecule has 0 amide bonds. The number of carbonyl (C=O) groups is 1. The van der Waals surface area contributed by atoms with Crippen molar-refractivity contribution in [2.45, 2.75) is 26.4 Å². The zero-order valence-corrected chi connectivity index (χ0v) is 10.9. The van der Waals surface area contributed by atoms with Crippen LogP contribution in [0.1, 0.15) is 25.3 Å². The van der Waals surface area contributed by atoms with Crippen LogP contribution in [0.3, 0.4) is 0 Å². The van der Waals surface area contributed by atoms with Gasteiger partial charge in [-0.25, -0.2) is 0 Å². The second-order valence-corrected chi connectivity index (χ2v) is 4.35. The quantitative estimate of drug-likeness (QED) is 0.866. The number of halogens is 2. The Morgan fingerprint density at radius 2 is 1.89 bits per heavy atom. The van der Waals surface area contributed by atoms with Gasteiger partial charge in [-0.3, -0.25) is 4.79 Å². The summed E-state index contributed by atoms with van der Waals surface area (Å²) >= 11 is 0. The Labute approximate surface area is 109 Å². The Kier molecular flexibility index (Phi) is 5.09. The third kappa shape index (κ3) is 3.81. The zero-order chi connectivity index (χ0) is 14.6. The van der Waals surface area contributed by atoms with Crippen LogP contribution in [0.4, 0.5) is 8.78 Å². The molecule has 1 N–H and O–H groups in total. The molecule has 0 aliphatic heterocycles. The number of hydrogen-bond acceptors (Lipinski definition) is 3. The van der Waals surface area contributed by atoms with Crippen molar-refractivity contribution in [3.05, 3.63) is 23.8 Å².